The van der Waals surface area contributed by atoms with Crippen molar-refractivity contribution in [2.45, 2.75) is 32.3 Å². The molecule has 0 radical (unpaired) electrons. The summed E-state index contributed by atoms with van der Waals surface area (Å²) >= 11 is 0. The van der Waals surface area contributed by atoms with Crippen LogP contribution in [0.15, 0.2) is 48.9 Å². The normalized spacial score (nSPS) is 13.0. The Balaban J connectivity index is 2.15. The first-order valence-electron chi connectivity index (χ1n) is 9.14. The molecule has 2 atom stereocenters. The molecule has 0 aliphatic rings. The van der Waals surface area contributed by atoms with Crippen molar-refractivity contribution in [2.75, 3.05) is 6.54 Å². The van der Waals surface area contributed by atoms with Crippen LogP contribution in [0.4, 0.5) is 0 Å². The Hall–Kier alpha value is -2.62. The number of hydrogen-bond donors (Lipinski definition) is 4. The Morgan fingerprint density at radius 1 is 1.14 bits per heavy atom. The number of aromatic nitrogens is 2. The molecular formula is C19H25BN4O4. The number of benzene rings is 1. The fourth-order valence-corrected chi connectivity index (χ4v) is 2.75. The molecule has 1 heterocycles. The monoisotopic (exact) mass is 384 g/mol. The van der Waals surface area contributed by atoms with Crippen molar-refractivity contribution < 1.29 is 19.6 Å². The highest BCUT2D eigenvalue weighted by Gasteiger charge is 2.28. The van der Waals surface area contributed by atoms with Gasteiger partial charge in [0.15, 0.2) is 5.78 Å². The summed E-state index contributed by atoms with van der Waals surface area (Å²) in [6.07, 6.45) is 4.65. The largest absolute Gasteiger partial charge is 0.469 e. The van der Waals surface area contributed by atoms with Crippen LogP contribution >= 0.6 is 0 Å². The smallest absolute Gasteiger partial charge is 0.426 e. The van der Waals surface area contributed by atoms with Gasteiger partial charge >= 0.3 is 7.12 Å². The lowest BCUT2D eigenvalue weighted by Crippen LogP contribution is -2.53. The minimum atomic E-state index is -1.58. The van der Waals surface area contributed by atoms with E-state index in [0.717, 1.165) is 0 Å². The molecule has 0 bridgehead atoms. The lowest BCUT2D eigenvalue weighted by molar-refractivity contribution is 0.0852. The number of hydrogen-bond acceptors (Lipinski definition) is 7. The van der Waals surface area contributed by atoms with Gasteiger partial charge in [0.05, 0.1) is 6.20 Å². The third-order valence-electron chi connectivity index (χ3n) is 4.15. The first kappa shape index (κ1) is 21.7. The molecule has 0 aliphatic heterocycles. The molecule has 0 fully saturated rings. The van der Waals surface area contributed by atoms with E-state index in [1.165, 1.54) is 18.6 Å². The molecule has 0 saturated heterocycles. The van der Waals surface area contributed by atoms with Gasteiger partial charge in [-0.2, -0.15) is 0 Å². The summed E-state index contributed by atoms with van der Waals surface area (Å²) in [6, 6.07) is 7.68. The number of carbonyl (C=O) groups excluding carboxylic acids is 2. The van der Waals surface area contributed by atoms with Crippen LogP contribution in [-0.4, -0.2) is 57.4 Å². The Labute approximate surface area is 164 Å². The zero-order valence-electron chi connectivity index (χ0n) is 15.9. The summed E-state index contributed by atoms with van der Waals surface area (Å²) < 4.78 is 0. The van der Waals surface area contributed by atoms with Gasteiger partial charge in [0.2, 0.25) is 0 Å². The van der Waals surface area contributed by atoms with Gasteiger partial charge in [-0.15, -0.1) is 0 Å². The maximum absolute atomic E-state index is 12.9. The SMILES string of the molecule is CC(C)C[C@H](NC[C@H](NC(=O)c1cnccn1)C(=O)c1ccccc1)B(O)O. The minimum Gasteiger partial charge on any atom is -0.426 e. The van der Waals surface area contributed by atoms with E-state index < -0.39 is 25.0 Å². The van der Waals surface area contributed by atoms with Crippen LogP contribution < -0.4 is 10.6 Å². The number of Topliss-reactive ketones (excluding diaryl/α,β-unsaturated/α-hetero) is 1. The van der Waals surface area contributed by atoms with Crippen LogP contribution in [-0.2, 0) is 0 Å². The molecule has 9 heteroatoms. The Bertz CT molecular complexity index is 759. The van der Waals surface area contributed by atoms with Gasteiger partial charge in [-0.1, -0.05) is 44.2 Å². The molecule has 1 aromatic carbocycles. The predicted molar refractivity (Wildman–Crippen MR) is 105 cm³/mol. The van der Waals surface area contributed by atoms with E-state index in [1.54, 1.807) is 30.3 Å². The predicted octanol–water partition coefficient (Wildman–Crippen LogP) is 0.474. The van der Waals surface area contributed by atoms with Gasteiger partial charge in [0, 0.05) is 30.4 Å². The van der Waals surface area contributed by atoms with E-state index in [4.69, 9.17) is 0 Å². The van der Waals surface area contributed by atoms with Crippen molar-refractivity contribution in [3.05, 3.63) is 60.2 Å². The van der Waals surface area contributed by atoms with Crippen molar-refractivity contribution in [3.63, 3.8) is 0 Å². The number of nitrogens with zero attached hydrogens (tertiary/aromatic N) is 2. The van der Waals surface area contributed by atoms with Gasteiger partial charge in [-0.05, 0) is 12.3 Å². The summed E-state index contributed by atoms with van der Waals surface area (Å²) in [7, 11) is -1.58. The van der Waals surface area contributed by atoms with Crippen molar-refractivity contribution in [2.24, 2.45) is 5.92 Å². The Morgan fingerprint density at radius 2 is 1.86 bits per heavy atom. The average molecular weight is 384 g/mol. The van der Waals surface area contributed by atoms with E-state index in [-0.39, 0.29) is 23.9 Å². The van der Waals surface area contributed by atoms with Crippen LogP contribution in [0, 0.1) is 5.92 Å². The van der Waals surface area contributed by atoms with Crippen molar-refractivity contribution in [3.8, 4) is 0 Å². The first-order chi connectivity index (χ1) is 13.4. The fraction of sp³-hybridized carbons (Fsp3) is 0.368. The van der Waals surface area contributed by atoms with Gasteiger partial charge in [-0.3, -0.25) is 14.6 Å². The van der Waals surface area contributed by atoms with E-state index in [0.29, 0.717) is 12.0 Å². The van der Waals surface area contributed by atoms with Crippen LogP contribution in [0.1, 0.15) is 41.1 Å². The molecular weight excluding hydrogens is 359 g/mol. The maximum Gasteiger partial charge on any atom is 0.469 e. The molecule has 28 heavy (non-hydrogen) atoms. The van der Waals surface area contributed by atoms with Gasteiger partial charge in [-0.25, -0.2) is 4.98 Å². The summed E-state index contributed by atoms with van der Waals surface area (Å²) in [5, 5.41) is 24.8. The van der Waals surface area contributed by atoms with Crippen LogP contribution in [0.2, 0.25) is 0 Å². The fourth-order valence-electron chi connectivity index (χ4n) is 2.75. The Morgan fingerprint density at radius 3 is 2.43 bits per heavy atom. The molecule has 1 aromatic heterocycles. The molecule has 2 rings (SSSR count). The summed E-state index contributed by atoms with van der Waals surface area (Å²) in [5.41, 5.74) is 0.535. The Kier molecular flexibility index (Phi) is 8.25. The lowest BCUT2D eigenvalue weighted by Gasteiger charge is -2.24. The third-order valence-corrected chi connectivity index (χ3v) is 4.15. The highest BCUT2D eigenvalue weighted by molar-refractivity contribution is 6.43. The standard InChI is InChI=1S/C19H25BN4O4/c1-13(2)10-17(20(27)28)23-12-15(18(25)14-6-4-3-5-7-14)24-19(26)16-11-21-8-9-22-16/h3-9,11,13,15,17,23,27-28H,10,12H2,1-2H3,(H,24,26)/t15-,17-/m0/s1. The lowest BCUT2D eigenvalue weighted by atomic mass is 9.75. The molecule has 0 saturated carbocycles. The second-order valence-electron chi connectivity index (χ2n) is 6.90. The van der Waals surface area contributed by atoms with E-state index in [9.17, 15) is 19.6 Å². The quantitative estimate of drug-likeness (QED) is 0.347. The van der Waals surface area contributed by atoms with Gasteiger partial charge in [0.1, 0.15) is 11.7 Å². The van der Waals surface area contributed by atoms with Gasteiger partial charge < -0.3 is 20.7 Å². The summed E-state index contributed by atoms with van der Waals surface area (Å²) in [5.74, 6) is -1.23. The van der Waals surface area contributed by atoms with Crippen LogP contribution in [0.5, 0.6) is 0 Å². The number of nitrogens with one attached hydrogen (secondary N) is 2. The third kappa shape index (κ3) is 6.52. The zero-order chi connectivity index (χ0) is 20.5. The molecule has 2 aromatic rings. The van der Waals surface area contributed by atoms with Crippen molar-refractivity contribution >= 4 is 18.8 Å². The number of rotatable bonds is 10. The van der Waals surface area contributed by atoms with E-state index >= 15 is 0 Å². The maximum atomic E-state index is 12.9. The van der Waals surface area contributed by atoms with Crippen LogP contribution in [0.25, 0.3) is 0 Å². The molecule has 0 spiro atoms. The van der Waals surface area contributed by atoms with Crippen molar-refractivity contribution in [1.29, 1.82) is 0 Å². The zero-order valence-corrected chi connectivity index (χ0v) is 15.9. The summed E-state index contributed by atoms with van der Waals surface area (Å²) in [4.78, 5) is 33.2. The second-order valence-corrected chi connectivity index (χ2v) is 6.90. The highest BCUT2D eigenvalue weighted by Crippen LogP contribution is 2.08. The van der Waals surface area contributed by atoms with Crippen LogP contribution in [0.3, 0.4) is 0 Å². The molecule has 148 valence electrons. The first-order valence-corrected chi connectivity index (χ1v) is 9.14. The van der Waals surface area contributed by atoms with E-state index in [1.807, 2.05) is 13.8 Å². The number of carbonyl (C=O) groups is 2. The van der Waals surface area contributed by atoms with E-state index in [2.05, 4.69) is 20.6 Å². The highest BCUT2D eigenvalue weighted by atomic mass is 16.4. The van der Waals surface area contributed by atoms with Crippen molar-refractivity contribution in [1.82, 2.24) is 20.6 Å². The second kappa shape index (κ2) is 10.7. The number of amides is 1. The van der Waals surface area contributed by atoms with Gasteiger partial charge in [0.25, 0.3) is 5.91 Å². The summed E-state index contributed by atoms with van der Waals surface area (Å²) in [6.45, 7) is 3.95. The molecule has 0 aliphatic carbocycles. The number of ketones is 1. The molecule has 8 nitrogen and oxygen atoms in total. The topological polar surface area (TPSA) is 124 Å². The average Bonchev–Trinajstić information content (AvgIpc) is 2.70. The minimum absolute atomic E-state index is 0.0364. The molecule has 1 amide bonds. The molecule has 4 N–H and O–H groups in total. The molecule has 0 unspecified atom stereocenters.